The fourth-order valence-electron chi connectivity index (χ4n) is 3.97. The quantitative estimate of drug-likeness (QED) is 0.411. The van der Waals surface area contributed by atoms with E-state index in [0.717, 1.165) is 26.2 Å². The van der Waals surface area contributed by atoms with Gasteiger partial charge in [0, 0.05) is 38.6 Å². The van der Waals surface area contributed by atoms with Gasteiger partial charge in [0.05, 0.1) is 6.33 Å². The number of nitrogens with two attached hydrogens (primary N) is 1. The molecular formula is C21H30N8O3. The number of fused-ring (bicyclic) bond motifs is 1. The van der Waals surface area contributed by atoms with Crippen LogP contribution < -0.4 is 5.73 Å². The summed E-state index contributed by atoms with van der Waals surface area (Å²) in [6, 6.07) is 4.05. The number of ether oxygens (including phenoxy) is 1. The van der Waals surface area contributed by atoms with E-state index in [1.807, 2.05) is 19.2 Å². The second-order valence-corrected chi connectivity index (χ2v) is 8.12. The minimum Gasteiger partial charge on any atom is -0.387 e. The van der Waals surface area contributed by atoms with Crippen LogP contribution in [0.2, 0.25) is 0 Å². The number of hydrogen-bond donors (Lipinski definition) is 3. The number of pyridine rings is 1. The van der Waals surface area contributed by atoms with E-state index in [-0.39, 0.29) is 5.82 Å². The van der Waals surface area contributed by atoms with Gasteiger partial charge in [-0.05, 0) is 31.3 Å². The maximum absolute atomic E-state index is 10.6. The van der Waals surface area contributed by atoms with E-state index in [4.69, 9.17) is 10.5 Å². The van der Waals surface area contributed by atoms with Crippen molar-refractivity contribution in [2.75, 3.05) is 39.0 Å². The van der Waals surface area contributed by atoms with Crippen LogP contribution in [0, 0.1) is 0 Å². The molecule has 11 nitrogen and oxygen atoms in total. The van der Waals surface area contributed by atoms with Crippen LogP contribution in [0.4, 0.5) is 5.82 Å². The van der Waals surface area contributed by atoms with Gasteiger partial charge < -0.3 is 25.6 Å². The molecule has 1 fully saturated rings. The van der Waals surface area contributed by atoms with Crippen LogP contribution in [0.1, 0.15) is 18.7 Å². The van der Waals surface area contributed by atoms with Crippen molar-refractivity contribution in [2.24, 2.45) is 0 Å². The molecule has 1 aliphatic rings. The lowest BCUT2D eigenvalue weighted by atomic mass is 10.1. The zero-order chi connectivity index (χ0) is 22.7. The molecule has 4 rings (SSSR count). The van der Waals surface area contributed by atoms with Crippen molar-refractivity contribution in [1.82, 2.24) is 34.3 Å². The normalized spacial score (nSPS) is 23.6. The van der Waals surface area contributed by atoms with Crippen molar-refractivity contribution in [2.45, 2.75) is 38.0 Å². The van der Waals surface area contributed by atoms with E-state index in [0.29, 0.717) is 17.7 Å². The van der Waals surface area contributed by atoms with Crippen LogP contribution >= 0.6 is 0 Å². The predicted octanol–water partition coefficient (Wildman–Crippen LogP) is -0.123. The fourth-order valence-corrected chi connectivity index (χ4v) is 3.97. The van der Waals surface area contributed by atoms with Gasteiger partial charge in [0.25, 0.3) is 0 Å². The molecule has 0 amide bonds. The van der Waals surface area contributed by atoms with Crippen molar-refractivity contribution in [1.29, 1.82) is 0 Å². The molecule has 3 aromatic rings. The molecular weight excluding hydrogens is 412 g/mol. The van der Waals surface area contributed by atoms with E-state index in [9.17, 15) is 10.2 Å². The molecule has 172 valence electrons. The van der Waals surface area contributed by atoms with Gasteiger partial charge in [-0.15, -0.1) is 0 Å². The average Bonchev–Trinajstić information content (AvgIpc) is 3.34. The Morgan fingerprint density at radius 2 is 1.91 bits per heavy atom. The Balaban J connectivity index is 1.35. The summed E-state index contributed by atoms with van der Waals surface area (Å²) in [7, 11) is 1.98. The second kappa shape index (κ2) is 9.84. The number of aliphatic hydroxyl groups is 2. The lowest BCUT2D eigenvalue weighted by Gasteiger charge is -2.26. The van der Waals surface area contributed by atoms with Gasteiger partial charge in [-0.1, -0.05) is 6.92 Å². The number of nitrogens with zero attached hydrogens (tertiary/aromatic N) is 7. The molecule has 0 unspecified atom stereocenters. The van der Waals surface area contributed by atoms with Gasteiger partial charge in [0.2, 0.25) is 0 Å². The standard InChI is InChI=1S/C21H30N8O3/c1-3-28(10-14-4-6-23-7-5-14)9-8-27(2)11-15-17(30)18(31)21(32-15)29-13-26-16-19(22)24-12-25-20(16)29/h4-7,12-13,15,17-18,21,30-31H,3,8-11H2,1-2H3,(H2,22,24,25)/t15-,17-,18-,21-/m1/s1. The SMILES string of the molecule is CCN(CCN(C)C[C@H]1O[C@@H](n2cnc3c(N)ncnc32)[C@H](O)[C@@H]1O)Cc1ccncc1. The summed E-state index contributed by atoms with van der Waals surface area (Å²) in [4.78, 5) is 20.9. The number of rotatable bonds is 9. The highest BCUT2D eigenvalue weighted by molar-refractivity contribution is 5.81. The minimum absolute atomic E-state index is 0.255. The fraction of sp³-hybridized carbons (Fsp3) is 0.524. The van der Waals surface area contributed by atoms with Gasteiger partial charge >= 0.3 is 0 Å². The summed E-state index contributed by atoms with van der Waals surface area (Å²) < 4.78 is 7.63. The molecule has 0 radical (unpaired) electrons. The van der Waals surface area contributed by atoms with E-state index in [1.54, 1.807) is 17.0 Å². The van der Waals surface area contributed by atoms with Crippen molar-refractivity contribution in [3.8, 4) is 0 Å². The number of likely N-dealkylation sites (N-methyl/N-ethyl adjacent to an activating group) is 2. The Hall–Kier alpha value is -2.70. The topological polar surface area (TPSA) is 139 Å². The highest BCUT2D eigenvalue weighted by Crippen LogP contribution is 2.32. The lowest BCUT2D eigenvalue weighted by molar-refractivity contribution is -0.0425. The van der Waals surface area contributed by atoms with Crippen LogP contribution in [0.15, 0.2) is 37.2 Å². The summed E-state index contributed by atoms with van der Waals surface area (Å²) in [5.41, 5.74) is 7.97. The maximum Gasteiger partial charge on any atom is 0.167 e. The number of hydrogen-bond acceptors (Lipinski definition) is 10. The first-order valence-corrected chi connectivity index (χ1v) is 10.7. The van der Waals surface area contributed by atoms with Crippen LogP contribution in [0.25, 0.3) is 11.2 Å². The minimum atomic E-state index is -1.11. The summed E-state index contributed by atoms with van der Waals surface area (Å²) in [6.07, 6.45) is 2.96. The summed E-state index contributed by atoms with van der Waals surface area (Å²) >= 11 is 0. The molecule has 3 aromatic heterocycles. The van der Waals surface area contributed by atoms with Crippen molar-refractivity contribution in [3.63, 3.8) is 0 Å². The van der Waals surface area contributed by atoms with E-state index in [2.05, 4.69) is 36.7 Å². The average molecular weight is 443 g/mol. The van der Waals surface area contributed by atoms with E-state index >= 15 is 0 Å². The highest BCUT2D eigenvalue weighted by Gasteiger charge is 2.44. The predicted molar refractivity (Wildman–Crippen MR) is 118 cm³/mol. The largest absolute Gasteiger partial charge is 0.387 e. The number of aromatic nitrogens is 5. The van der Waals surface area contributed by atoms with Gasteiger partial charge in [-0.2, -0.15) is 0 Å². The summed E-state index contributed by atoms with van der Waals surface area (Å²) in [6.45, 7) is 6.06. The molecule has 11 heteroatoms. The van der Waals surface area contributed by atoms with Crippen LogP contribution in [0.5, 0.6) is 0 Å². The Labute approximate surface area is 186 Å². The first-order chi connectivity index (χ1) is 15.5. The third-order valence-electron chi connectivity index (χ3n) is 5.89. The zero-order valence-corrected chi connectivity index (χ0v) is 18.3. The Morgan fingerprint density at radius 1 is 1.12 bits per heavy atom. The Bertz CT molecular complexity index is 1020. The Morgan fingerprint density at radius 3 is 2.66 bits per heavy atom. The van der Waals surface area contributed by atoms with Crippen LogP contribution in [0.3, 0.4) is 0 Å². The molecule has 0 saturated carbocycles. The maximum atomic E-state index is 10.6. The first-order valence-electron chi connectivity index (χ1n) is 10.7. The van der Waals surface area contributed by atoms with Crippen LogP contribution in [-0.2, 0) is 11.3 Å². The van der Waals surface area contributed by atoms with Gasteiger partial charge in [0.1, 0.15) is 30.2 Å². The molecule has 0 aliphatic carbocycles. The number of imidazole rings is 1. The van der Waals surface area contributed by atoms with E-state index < -0.39 is 24.5 Å². The van der Waals surface area contributed by atoms with E-state index in [1.165, 1.54) is 18.2 Å². The second-order valence-electron chi connectivity index (χ2n) is 8.12. The molecule has 0 aromatic carbocycles. The lowest BCUT2D eigenvalue weighted by Crippen LogP contribution is -2.41. The van der Waals surface area contributed by atoms with Gasteiger partial charge in [-0.25, -0.2) is 15.0 Å². The molecule has 1 saturated heterocycles. The molecule has 4 N–H and O–H groups in total. The zero-order valence-electron chi connectivity index (χ0n) is 18.3. The summed E-state index contributed by atoms with van der Waals surface area (Å²) in [5.74, 6) is 0.255. The van der Waals surface area contributed by atoms with Crippen molar-refractivity contribution < 1.29 is 14.9 Å². The monoisotopic (exact) mass is 442 g/mol. The Kier molecular flexibility index (Phi) is 6.92. The van der Waals surface area contributed by atoms with Gasteiger partial charge in [0.15, 0.2) is 17.7 Å². The first kappa shape index (κ1) is 22.5. The third kappa shape index (κ3) is 4.71. The number of nitrogen functional groups attached to an aromatic ring is 1. The third-order valence-corrected chi connectivity index (χ3v) is 5.89. The molecule has 0 bridgehead atoms. The molecule has 0 spiro atoms. The molecule has 1 aliphatic heterocycles. The highest BCUT2D eigenvalue weighted by atomic mass is 16.6. The molecule has 4 atom stereocenters. The molecule has 4 heterocycles. The van der Waals surface area contributed by atoms with Crippen molar-refractivity contribution in [3.05, 3.63) is 42.7 Å². The summed E-state index contributed by atoms with van der Waals surface area (Å²) in [5, 5.41) is 21.2. The number of anilines is 1. The smallest absolute Gasteiger partial charge is 0.167 e. The van der Waals surface area contributed by atoms with Crippen LogP contribution in [-0.4, -0.2) is 96.1 Å². The number of aliphatic hydroxyl groups excluding tert-OH is 2. The van der Waals surface area contributed by atoms with Gasteiger partial charge in [-0.3, -0.25) is 14.5 Å². The van der Waals surface area contributed by atoms with Crippen molar-refractivity contribution >= 4 is 17.0 Å². The molecule has 32 heavy (non-hydrogen) atoms.